The first-order valence-electron chi connectivity index (χ1n) is 9.26. The maximum atomic E-state index is 12.2. The van der Waals surface area contributed by atoms with Crippen molar-refractivity contribution < 1.29 is 34.4 Å². The Bertz CT molecular complexity index is 1650. The van der Waals surface area contributed by atoms with Gasteiger partial charge in [-0.15, -0.1) is 0 Å². The molecule has 0 atom stereocenters. The number of anilines is 2. The molecule has 3 N–H and O–H groups in total. The number of nitrogens with zero attached hydrogens (tertiary/aromatic N) is 1. The van der Waals surface area contributed by atoms with E-state index in [-0.39, 0.29) is 23.4 Å². The van der Waals surface area contributed by atoms with Crippen LogP contribution in [0.4, 0.5) is 11.4 Å². The summed E-state index contributed by atoms with van der Waals surface area (Å²) in [5.41, 5.74) is 6.70. The second-order valence-electron chi connectivity index (χ2n) is 7.45. The molecule has 4 rings (SSSR count). The van der Waals surface area contributed by atoms with Gasteiger partial charge in [0.15, 0.2) is 9.84 Å². The van der Waals surface area contributed by atoms with Crippen molar-refractivity contribution in [3.63, 3.8) is 0 Å². The summed E-state index contributed by atoms with van der Waals surface area (Å²) in [5, 5.41) is 1.28. The van der Waals surface area contributed by atoms with Crippen LogP contribution in [0.3, 0.4) is 0 Å². The van der Waals surface area contributed by atoms with E-state index in [0.29, 0.717) is 22.2 Å². The van der Waals surface area contributed by atoms with Gasteiger partial charge in [-0.2, -0.15) is 8.42 Å². The van der Waals surface area contributed by atoms with Gasteiger partial charge in [-0.1, -0.05) is 12.6 Å². The zero-order valence-electron chi connectivity index (χ0n) is 16.8. The van der Waals surface area contributed by atoms with Crippen molar-refractivity contribution in [2.75, 3.05) is 10.6 Å². The third kappa shape index (κ3) is 4.09. The minimum Gasteiger partial charge on any atom is -0.744 e. The monoisotopic (exact) mass is 509 g/mol. The molecule has 0 saturated heterocycles. The standard InChI is InChI=1S/C20H18N2O8S3/c1-2-31(23,24)15-5-3-4-14(8-15)22-10-12-6-16(32(25,26)27)9-17-19(12)13(11-22)7-18(20(17)21)33(28,29)30/h2-9H,1,10-11,21H2,(H,25,26,27)(H,28,29,30)/p-1. The van der Waals surface area contributed by atoms with E-state index in [1.54, 1.807) is 11.0 Å². The predicted octanol–water partition coefficient (Wildman–Crippen LogP) is 2.01. The van der Waals surface area contributed by atoms with Crippen molar-refractivity contribution in [2.24, 2.45) is 0 Å². The second-order valence-corrected chi connectivity index (χ2v) is 12.1. The van der Waals surface area contributed by atoms with Gasteiger partial charge in [-0.25, -0.2) is 16.8 Å². The van der Waals surface area contributed by atoms with Gasteiger partial charge in [0.2, 0.25) is 0 Å². The van der Waals surface area contributed by atoms with E-state index >= 15 is 0 Å². The minimum absolute atomic E-state index is 0.00897. The third-order valence-corrected chi connectivity index (χ3v) is 8.45. The number of nitrogens with two attached hydrogens (primary N) is 1. The lowest BCUT2D eigenvalue weighted by Crippen LogP contribution is -2.27. The van der Waals surface area contributed by atoms with E-state index in [4.69, 9.17) is 5.73 Å². The lowest BCUT2D eigenvalue weighted by Gasteiger charge is -2.32. The molecular formula is C20H17N2O8S3-. The molecule has 1 aliphatic heterocycles. The summed E-state index contributed by atoms with van der Waals surface area (Å²) >= 11 is 0. The Morgan fingerprint density at radius 1 is 0.970 bits per heavy atom. The highest BCUT2D eigenvalue weighted by molar-refractivity contribution is 7.94. The van der Waals surface area contributed by atoms with E-state index in [0.717, 1.165) is 17.5 Å². The Balaban J connectivity index is 1.98. The van der Waals surface area contributed by atoms with Gasteiger partial charge in [0, 0.05) is 29.6 Å². The number of nitrogen functional groups attached to an aromatic ring is 1. The normalized spacial score (nSPS) is 14.4. The van der Waals surface area contributed by atoms with Gasteiger partial charge in [-0.05, 0) is 52.9 Å². The highest BCUT2D eigenvalue weighted by Gasteiger charge is 2.26. The summed E-state index contributed by atoms with van der Waals surface area (Å²) in [4.78, 5) is 0.420. The predicted molar refractivity (Wildman–Crippen MR) is 120 cm³/mol. The van der Waals surface area contributed by atoms with E-state index < -0.39 is 45.6 Å². The van der Waals surface area contributed by atoms with E-state index in [1.165, 1.54) is 24.3 Å². The molecule has 3 aromatic rings. The van der Waals surface area contributed by atoms with Crippen LogP contribution in [0.1, 0.15) is 11.1 Å². The van der Waals surface area contributed by atoms with Crippen LogP contribution >= 0.6 is 0 Å². The van der Waals surface area contributed by atoms with Gasteiger partial charge in [0.05, 0.1) is 20.4 Å². The number of rotatable bonds is 5. The highest BCUT2D eigenvalue weighted by atomic mass is 32.2. The topological polar surface area (TPSA) is 175 Å². The Morgan fingerprint density at radius 3 is 2.18 bits per heavy atom. The van der Waals surface area contributed by atoms with Crippen LogP contribution in [0.25, 0.3) is 10.8 Å². The van der Waals surface area contributed by atoms with Crippen LogP contribution < -0.4 is 10.6 Å². The average Bonchev–Trinajstić information content (AvgIpc) is 2.74. The van der Waals surface area contributed by atoms with Crippen molar-refractivity contribution in [3.05, 3.63) is 65.6 Å². The van der Waals surface area contributed by atoms with E-state index in [9.17, 15) is 34.4 Å². The first-order valence-corrected chi connectivity index (χ1v) is 13.7. The Labute approximate surface area is 190 Å². The van der Waals surface area contributed by atoms with Crippen LogP contribution in [0.2, 0.25) is 0 Å². The molecule has 1 aliphatic rings. The number of benzene rings is 3. The van der Waals surface area contributed by atoms with Crippen molar-refractivity contribution in [2.45, 2.75) is 27.8 Å². The number of sulfone groups is 1. The van der Waals surface area contributed by atoms with Gasteiger partial charge in [0.1, 0.15) is 10.1 Å². The molecule has 174 valence electrons. The Kier molecular flexibility index (Phi) is 5.29. The summed E-state index contributed by atoms with van der Waals surface area (Å²) in [7, 11) is -13.4. The zero-order valence-corrected chi connectivity index (χ0v) is 19.2. The van der Waals surface area contributed by atoms with Crippen LogP contribution in [0.15, 0.2) is 69.1 Å². The molecule has 13 heteroatoms. The van der Waals surface area contributed by atoms with Crippen LogP contribution in [0, 0.1) is 0 Å². The fourth-order valence-corrected chi connectivity index (χ4v) is 5.88. The molecule has 0 aliphatic carbocycles. The van der Waals surface area contributed by atoms with Gasteiger partial charge in [-0.3, -0.25) is 4.55 Å². The number of hydrogen-bond acceptors (Lipinski definition) is 9. The molecule has 0 unspecified atom stereocenters. The molecule has 0 saturated carbocycles. The van der Waals surface area contributed by atoms with Crippen LogP contribution in [-0.4, -0.2) is 34.4 Å². The summed E-state index contributed by atoms with van der Waals surface area (Å²) < 4.78 is 93.0. The summed E-state index contributed by atoms with van der Waals surface area (Å²) in [5.74, 6) is 0. The summed E-state index contributed by atoms with van der Waals surface area (Å²) in [6.07, 6.45) is 0. The molecule has 0 aromatic heterocycles. The van der Waals surface area contributed by atoms with Gasteiger partial charge >= 0.3 is 0 Å². The molecule has 0 spiro atoms. The van der Waals surface area contributed by atoms with Crippen molar-refractivity contribution in [3.8, 4) is 0 Å². The number of hydrogen-bond donors (Lipinski definition) is 2. The first-order chi connectivity index (χ1) is 15.2. The lowest BCUT2D eigenvalue weighted by molar-refractivity contribution is 0.463. The molecular weight excluding hydrogens is 492 g/mol. The largest absolute Gasteiger partial charge is 0.744 e. The first kappa shape index (κ1) is 23.2. The van der Waals surface area contributed by atoms with Crippen molar-refractivity contribution in [1.82, 2.24) is 0 Å². The smallest absolute Gasteiger partial charge is 0.294 e. The molecule has 0 bridgehead atoms. The highest BCUT2D eigenvalue weighted by Crippen LogP contribution is 2.40. The lowest BCUT2D eigenvalue weighted by atomic mass is 9.93. The molecule has 0 radical (unpaired) electrons. The average molecular weight is 510 g/mol. The fourth-order valence-electron chi connectivity index (χ4n) is 3.91. The fraction of sp³-hybridized carbons (Fsp3) is 0.100. The molecule has 3 aromatic carbocycles. The van der Waals surface area contributed by atoms with Crippen molar-refractivity contribution in [1.29, 1.82) is 0 Å². The third-order valence-electron chi connectivity index (χ3n) is 5.40. The maximum absolute atomic E-state index is 12.2. The van der Waals surface area contributed by atoms with Gasteiger partial charge in [0.25, 0.3) is 10.1 Å². The SMILES string of the molecule is C=CS(=O)(=O)c1cccc(N2Cc3cc(S(=O)(=O)O)cc4c(N)c(S(=O)(=O)[O-])cc(c34)C2)c1. The van der Waals surface area contributed by atoms with E-state index in [2.05, 4.69) is 6.58 Å². The quantitative estimate of drug-likeness (QED) is 0.382. The van der Waals surface area contributed by atoms with Crippen molar-refractivity contribution >= 4 is 52.2 Å². The van der Waals surface area contributed by atoms with Gasteiger partial charge < -0.3 is 15.2 Å². The molecule has 0 amide bonds. The minimum atomic E-state index is -5.00. The zero-order chi connectivity index (χ0) is 24.3. The summed E-state index contributed by atoms with van der Waals surface area (Å²) in [6.45, 7) is 3.47. The maximum Gasteiger partial charge on any atom is 0.294 e. The molecule has 33 heavy (non-hydrogen) atoms. The Morgan fingerprint density at radius 2 is 1.61 bits per heavy atom. The summed E-state index contributed by atoms with van der Waals surface area (Å²) in [6, 6.07) is 9.30. The Hall–Kier alpha value is -2.97. The van der Waals surface area contributed by atoms with Crippen LogP contribution in [-0.2, 0) is 43.2 Å². The second kappa shape index (κ2) is 7.53. The van der Waals surface area contributed by atoms with E-state index in [1.807, 2.05) is 0 Å². The van der Waals surface area contributed by atoms with Crippen LogP contribution in [0.5, 0.6) is 0 Å². The molecule has 1 heterocycles. The molecule has 0 fully saturated rings. The molecule has 10 nitrogen and oxygen atoms in total.